The number of likely N-dealkylation sites (N-methyl/N-ethyl adjacent to an activating group) is 1. The van der Waals surface area contributed by atoms with Crippen molar-refractivity contribution >= 4 is 11.0 Å². The molecular formula is C22H22F3N3O2. The molecule has 4 rings (SSSR count). The molecule has 1 aliphatic rings. The van der Waals surface area contributed by atoms with Crippen LogP contribution in [0.3, 0.4) is 0 Å². The minimum Gasteiger partial charge on any atom is -0.408 e. The highest BCUT2D eigenvalue weighted by molar-refractivity contribution is 5.93. The summed E-state index contributed by atoms with van der Waals surface area (Å²) >= 11 is 0. The molecule has 0 atom stereocenters. The molecule has 1 saturated heterocycles. The van der Waals surface area contributed by atoms with Crippen molar-refractivity contribution in [2.24, 2.45) is 0 Å². The lowest BCUT2D eigenvalue weighted by Gasteiger charge is -2.32. The predicted molar refractivity (Wildman–Crippen MR) is 108 cm³/mol. The fraction of sp³-hybridized carbons (Fsp3) is 0.364. The average molecular weight is 417 g/mol. The first-order valence-corrected chi connectivity index (χ1v) is 9.82. The van der Waals surface area contributed by atoms with Gasteiger partial charge in [-0.05, 0) is 37.2 Å². The standard InChI is InChI=1S/C22H22F3N3O2/c1-27-11-13-28(14-12-27)10-9-15-3-2-4-18-19(15)20(26-21(29)30-18)16-5-7-17(8-6-16)22(23,24)25/h2-8H,9-14H2,1H3. The Labute approximate surface area is 171 Å². The summed E-state index contributed by atoms with van der Waals surface area (Å²) in [6.45, 7) is 4.85. The first-order chi connectivity index (χ1) is 14.3. The van der Waals surface area contributed by atoms with Gasteiger partial charge in [0.15, 0.2) is 0 Å². The van der Waals surface area contributed by atoms with E-state index in [1.54, 1.807) is 6.07 Å². The lowest BCUT2D eigenvalue weighted by molar-refractivity contribution is -0.137. The Morgan fingerprint density at radius 2 is 1.73 bits per heavy atom. The van der Waals surface area contributed by atoms with Crippen LogP contribution in [0.2, 0.25) is 0 Å². The fourth-order valence-corrected chi connectivity index (χ4v) is 3.78. The second kappa shape index (κ2) is 8.20. The number of hydrogen-bond donors (Lipinski definition) is 0. The number of benzene rings is 2. The van der Waals surface area contributed by atoms with Gasteiger partial charge in [-0.3, -0.25) is 0 Å². The van der Waals surface area contributed by atoms with Crippen molar-refractivity contribution in [3.63, 3.8) is 0 Å². The molecule has 5 nitrogen and oxygen atoms in total. The van der Waals surface area contributed by atoms with Crippen molar-refractivity contribution in [1.82, 2.24) is 14.8 Å². The molecule has 1 aliphatic heterocycles. The van der Waals surface area contributed by atoms with Crippen molar-refractivity contribution in [3.05, 3.63) is 64.1 Å². The van der Waals surface area contributed by atoms with E-state index >= 15 is 0 Å². The summed E-state index contributed by atoms with van der Waals surface area (Å²) in [5.41, 5.74) is 1.41. The van der Waals surface area contributed by atoms with Gasteiger partial charge >= 0.3 is 11.9 Å². The third kappa shape index (κ3) is 4.39. The molecule has 2 aromatic carbocycles. The zero-order valence-corrected chi connectivity index (χ0v) is 16.6. The van der Waals surface area contributed by atoms with Crippen LogP contribution in [-0.4, -0.2) is 54.6 Å². The van der Waals surface area contributed by atoms with Crippen LogP contribution in [0, 0.1) is 0 Å². The highest BCUT2D eigenvalue weighted by Gasteiger charge is 2.30. The molecule has 158 valence electrons. The Balaban J connectivity index is 1.70. The van der Waals surface area contributed by atoms with Gasteiger partial charge in [-0.2, -0.15) is 18.2 Å². The predicted octanol–water partition coefficient (Wildman–Crippen LogP) is 3.66. The number of hydrogen-bond acceptors (Lipinski definition) is 5. The Hall–Kier alpha value is -2.71. The summed E-state index contributed by atoms with van der Waals surface area (Å²) < 4.78 is 44.0. The smallest absolute Gasteiger partial charge is 0.408 e. The minimum atomic E-state index is -4.42. The molecule has 8 heteroatoms. The van der Waals surface area contributed by atoms with Gasteiger partial charge in [0.25, 0.3) is 0 Å². The molecule has 0 spiro atoms. The van der Waals surface area contributed by atoms with E-state index in [4.69, 9.17) is 4.42 Å². The van der Waals surface area contributed by atoms with Crippen LogP contribution in [0.1, 0.15) is 11.1 Å². The third-order valence-corrected chi connectivity index (χ3v) is 5.53. The molecular weight excluding hydrogens is 395 g/mol. The maximum Gasteiger partial charge on any atom is 0.439 e. The average Bonchev–Trinajstić information content (AvgIpc) is 2.72. The zero-order valence-electron chi connectivity index (χ0n) is 16.6. The largest absolute Gasteiger partial charge is 0.439 e. The van der Waals surface area contributed by atoms with Gasteiger partial charge in [0, 0.05) is 43.7 Å². The van der Waals surface area contributed by atoms with Gasteiger partial charge in [0.05, 0.1) is 11.3 Å². The summed E-state index contributed by atoms with van der Waals surface area (Å²) in [6, 6.07) is 10.2. The molecule has 0 unspecified atom stereocenters. The molecule has 0 amide bonds. The lowest BCUT2D eigenvalue weighted by atomic mass is 9.99. The van der Waals surface area contributed by atoms with E-state index in [9.17, 15) is 18.0 Å². The maximum absolute atomic E-state index is 12.9. The molecule has 30 heavy (non-hydrogen) atoms. The normalized spacial score (nSPS) is 16.3. The van der Waals surface area contributed by atoms with Crippen LogP contribution >= 0.6 is 0 Å². The third-order valence-electron chi connectivity index (χ3n) is 5.53. The van der Waals surface area contributed by atoms with Crippen LogP contribution in [0.15, 0.2) is 51.7 Å². The summed E-state index contributed by atoms with van der Waals surface area (Å²) in [4.78, 5) is 20.7. The summed E-state index contributed by atoms with van der Waals surface area (Å²) in [5, 5.41) is 0.672. The Morgan fingerprint density at radius 3 is 2.40 bits per heavy atom. The van der Waals surface area contributed by atoms with Crippen molar-refractivity contribution in [2.75, 3.05) is 39.8 Å². The van der Waals surface area contributed by atoms with Gasteiger partial charge in [-0.25, -0.2) is 4.79 Å². The second-order valence-electron chi connectivity index (χ2n) is 7.59. The van der Waals surface area contributed by atoms with Gasteiger partial charge < -0.3 is 14.2 Å². The summed E-state index contributed by atoms with van der Waals surface area (Å²) in [7, 11) is 2.10. The highest BCUT2D eigenvalue weighted by Crippen LogP contribution is 2.33. The van der Waals surface area contributed by atoms with E-state index in [0.717, 1.165) is 56.8 Å². The molecule has 0 radical (unpaired) electrons. The molecule has 0 N–H and O–H groups in total. The fourth-order valence-electron chi connectivity index (χ4n) is 3.78. The van der Waals surface area contributed by atoms with E-state index < -0.39 is 17.5 Å². The Bertz CT molecular complexity index is 1090. The van der Waals surface area contributed by atoms with Gasteiger partial charge in [-0.15, -0.1) is 0 Å². The van der Waals surface area contributed by atoms with E-state index in [-0.39, 0.29) is 0 Å². The number of nitrogens with zero attached hydrogens (tertiary/aromatic N) is 3. The lowest BCUT2D eigenvalue weighted by Crippen LogP contribution is -2.45. The van der Waals surface area contributed by atoms with Crippen LogP contribution in [-0.2, 0) is 12.6 Å². The number of halogens is 3. The zero-order chi connectivity index (χ0) is 21.3. The first-order valence-electron chi connectivity index (χ1n) is 9.82. The first kappa shape index (κ1) is 20.6. The van der Waals surface area contributed by atoms with Gasteiger partial charge in [-0.1, -0.05) is 24.3 Å². The molecule has 1 fully saturated rings. The molecule has 2 heterocycles. The highest BCUT2D eigenvalue weighted by atomic mass is 19.4. The van der Waals surface area contributed by atoms with Crippen LogP contribution in [0.5, 0.6) is 0 Å². The SMILES string of the molecule is CN1CCN(CCc2cccc3oc(=O)nc(-c4ccc(C(F)(F)F)cc4)c23)CC1. The van der Waals surface area contributed by atoms with Crippen LogP contribution in [0.4, 0.5) is 13.2 Å². The van der Waals surface area contributed by atoms with Crippen molar-refractivity contribution in [2.45, 2.75) is 12.6 Å². The number of piperazine rings is 1. The molecule has 0 bridgehead atoms. The maximum atomic E-state index is 12.9. The molecule has 0 saturated carbocycles. The summed E-state index contributed by atoms with van der Waals surface area (Å²) in [6.07, 6.45) is -3.69. The number of rotatable bonds is 4. The summed E-state index contributed by atoms with van der Waals surface area (Å²) in [5.74, 6) is -0.770. The van der Waals surface area contributed by atoms with Crippen molar-refractivity contribution < 1.29 is 17.6 Å². The van der Waals surface area contributed by atoms with Crippen molar-refractivity contribution in [1.29, 1.82) is 0 Å². The Morgan fingerprint density at radius 1 is 1.03 bits per heavy atom. The van der Waals surface area contributed by atoms with E-state index in [1.165, 1.54) is 12.1 Å². The van der Waals surface area contributed by atoms with E-state index in [2.05, 4.69) is 21.8 Å². The van der Waals surface area contributed by atoms with Crippen LogP contribution in [0.25, 0.3) is 22.2 Å². The molecule has 0 aliphatic carbocycles. The topological polar surface area (TPSA) is 49.6 Å². The van der Waals surface area contributed by atoms with E-state index in [1.807, 2.05) is 12.1 Å². The monoisotopic (exact) mass is 417 g/mol. The minimum absolute atomic E-state index is 0.351. The second-order valence-corrected chi connectivity index (χ2v) is 7.59. The molecule has 1 aromatic heterocycles. The van der Waals surface area contributed by atoms with Gasteiger partial charge in [0.2, 0.25) is 0 Å². The Kier molecular flexibility index (Phi) is 5.62. The number of fused-ring (bicyclic) bond motifs is 1. The number of aromatic nitrogens is 1. The van der Waals surface area contributed by atoms with Gasteiger partial charge in [0.1, 0.15) is 5.58 Å². The quantitative estimate of drug-likeness (QED) is 0.649. The number of alkyl halides is 3. The van der Waals surface area contributed by atoms with Crippen LogP contribution < -0.4 is 5.76 Å². The molecule has 3 aromatic rings. The van der Waals surface area contributed by atoms with Crippen molar-refractivity contribution in [3.8, 4) is 11.3 Å². The van der Waals surface area contributed by atoms with E-state index in [0.29, 0.717) is 22.2 Å².